The number of nitrogens with zero attached hydrogens (tertiary/aromatic N) is 1. The van der Waals surface area contributed by atoms with Crippen molar-refractivity contribution >= 4 is 55.7 Å². The molecule has 0 bridgehead atoms. The molecule has 2 N–H and O–H groups in total. The predicted molar refractivity (Wildman–Crippen MR) is 92.1 cm³/mol. The molecule has 0 saturated carbocycles. The van der Waals surface area contributed by atoms with Crippen molar-refractivity contribution in [3.8, 4) is 0 Å². The molecule has 2 aromatic carbocycles. The van der Waals surface area contributed by atoms with Crippen LogP contribution in [0.3, 0.4) is 0 Å². The maximum absolute atomic E-state index is 12.3. The normalized spacial score (nSPS) is 10.7. The highest BCUT2D eigenvalue weighted by molar-refractivity contribution is 9.10. The van der Waals surface area contributed by atoms with Crippen LogP contribution in [-0.2, 0) is 0 Å². The van der Waals surface area contributed by atoms with Crippen molar-refractivity contribution in [1.29, 1.82) is 0 Å². The van der Waals surface area contributed by atoms with E-state index >= 15 is 0 Å². The minimum Gasteiger partial charge on any atom is -0.351 e. The smallest absolute Gasteiger partial charge is 0.293 e. The number of nitrogens with one attached hydrogen (secondary N) is 2. The fourth-order valence-electron chi connectivity index (χ4n) is 2.18. The number of nitro benzene ring substituents is 1. The van der Waals surface area contributed by atoms with E-state index in [1.807, 2.05) is 0 Å². The molecule has 3 aromatic rings. The van der Waals surface area contributed by atoms with Crippen molar-refractivity contribution in [3.05, 3.63) is 67.8 Å². The van der Waals surface area contributed by atoms with Crippen LogP contribution >= 0.6 is 27.5 Å². The van der Waals surface area contributed by atoms with Crippen molar-refractivity contribution in [2.45, 2.75) is 0 Å². The molecule has 0 unspecified atom stereocenters. The molecule has 0 saturated heterocycles. The second-order valence-electron chi connectivity index (χ2n) is 4.79. The molecule has 0 fully saturated rings. The predicted octanol–water partition coefficient (Wildman–Crippen LogP) is 4.74. The molecule has 8 heteroatoms. The number of nitro groups is 1. The number of H-pyrrole nitrogens is 1. The molecule has 0 spiro atoms. The Labute approximate surface area is 143 Å². The number of rotatable bonds is 3. The zero-order chi connectivity index (χ0) is 16.6. The van der Waals surface area contributed by atoms with E-state index in [1.54, 1.807) is 30.3 Å². The first-order chi connectivity index (χ1) is 10.9. The maximum atomic E-state index is 12.3. The number of carbonyl (C=O) groups excluding carboxylic acids is 1. The Hall–Kier alpha value is -2.38. The summed E-state index contributed by atoms with van der Waals surface area (Å²) < 4.78 is 0.558. The number of hydrogen-bond donors (Lipinski definition) is 2. The Bertz CT molecular complexity index is 939. The van der Waals surface area contributed by atoms with Gasteiger partial charge in [0.1, 0.15) is 11.4 Å². The van der Waals surface area contributed by atoms with Gasteiger partial charge in [-0.15, -0.1) is 0 Å². The number of aromatic amines is 1. The summed E-state index contributed by atoms with van der Waals surface area (Å²) >= 11 is 9.08. The van der Waals surface area contributed by atoms with Gasteiger partial charge in [0.25, 0.3) is 11.6 Å². The Balaban J connectivity index is 1.93. The maximum Gasteiger partial charge on any atom is 0.293 e. The Kier molecular flexibility index (Phi) is 4.06. The topological polar surface area (TPSA) is 88.0 Å². The van der Waals surface area contributed by atoms with Gasteiger partial charge in [0.2, 0.25) is 0 Å². The Morgan fingerprint density at radius 2 is 2.00 bits per heavy atom. The first-order valence-electron chi connectivity index (χ1n) is 6.47. The summed E-state index contributed by atoms with van der Waals surface area (Å²) in [6, 6.07) is 11.3. The minimum atomic E-state index is -0.550. The van der Waals surface area contributed by atoms with Crippen LogP contribution in [0.4, 0.5) is 11.4 Å². The third-order valence-electron chi connectivity index (χ3n) is 3.23. The molecule has 0 radical (unpaired) electrons. The van der Waals surface area contributed by atoms with Gasteiger partial charge in [-0.05, 0) is 36.4 Å². The molecule has 0 aliphatic rings. The monoisotopic (exact) mass is 393 g/mol. The zero-order valence-electron chi connectivity index (χ0n) is 11.5. The minimum absolute atomic E-state index is 0.125. The number of aromatic nitrogens is 1. The lowest BCUT2D eigenvalue weighted by Gasteiger charge is -2.05. The van der Waals surface area contributed by atoms with Crippen LogP contribution < -0.4 is 5.32 Å². The van der Waals surface area contributed by atoms with Gasteiger partial charge in [-0.25, -0.2) is 0 Å². The summed E-state index contributed by atoms with van der Waals surface area (Å²) in [7, 11) is 0. The quantitative estimate of drug-likeness (QED) is 0.496. The molecule has 1 heterocycles. The van der Waals surface area contributed by atoms with Crippen LogP contribution in [0.1, 0.15) is 10.5 Å². The number of anilines is 1. The lowest BCUT2D eigenvalue weighted by atomic mass is 10.2. The molecule has 3 rings (SSSR count). The fourth-order valence-corrected chi connectivity index (χ4v) is 2.71. The molecule has 0 aliphatic carbocycles. The van der Waals surface area contributed by atoms with Crippen molar-refractivity contribution in [3.63, 3.8) is 0 Å². The molecule has 1 aromatic heterocycles. The third-order valence-corrected chi connectivity index (χ3v) is 3.96. The third kappa shape index (κ3) is 3.20. The van der Waals surface area contributed by atoms with Crippen LogP contribution in [0.15, 0.2) is 46.9 Å². The summed E-state index contributed by atoms with van der Waals surface area (Å²) in [6.07, 6.45) is 0. The lowest BCUT2D eigenvalue weighted by molar-refractivity contribution is -0.384. The average molecular weight is 395 g/mol. The number of benzene rings is 2. The van der Waals surface area contributed by atoms with E-state index in [0.29, 0.717) is 15.2 Å². The van der Waals surface area contributed by atoms with E-state index in [-0.39, 0.29) is 11.4 Å². The van der Waals surface area contributed by atoms with Gasteiger partial charge in [-0.3, -0.25) is 14.9 Å². The number of amides is 1. The first kappa shape index (κ1) is 15.5. The summed E-state index contributed by atoms with van der Waals surface area (Å²) in [5.41, 5.74) is 0.983. The van der Waals surface area contributed by atoms with E-state index in [1.165, 1.54) is 12.1 Å². The second kappa shape index (κ2) is 6.02. The van der Waals surface area contributed by atoms with E-state index in [2.05, 4.69) is 26.2 Å². The van der Waals surface area contributed by atoms with E-state index < -0.39 is 10.8 Å². The van der Waals surface area contributed by atoms with Gasteiger partial charge in [0, 0.05) is 26.5 Å². The first-order valence-corrected chi connectivity index (χ1v) is 7.65. The number of fused-ring (bicyclic) bond motifs is 1. The molecular weight excluding hydrogens is 386 g/mol. The van der Waals surface area contributed by atoms with Gasteiger partial charge in [0.15, 0.2) is 0 Å². The van der Waals surface area contributed by atoms with Crippen LogP contribution in [0.25, 0.3) is 10.9 Å². The molecule has 0 aliphatic heterocycles. The highest BCUT2D eigenvalue weighted by Gasteiger charge is 2.18. The molecule has 1 amide bonds. The van der Waals surface area contributed by atoms with Gasteiger partial charge in [-0.1, -0.05) is 27.5 Å². The molecule has 0 atom stereocenters. The lowest BCUT2D eigenvalue weighted by Crippen LogP contribution is -2.13. The highest BCUT2D eigenvalue weighted by atomic mass is 79.9. The second-order valence-corrected chi connectivity index (χ2v) is 6.14. The molecular formula is C15H9BrClN3O3. The number of carbonyl (C=O) groups is 1. The standard InChI is InChI=1S/C15H9BrClN3O3/c16-9-1-3-12(14(7-9)20(22)23)19-15(21)13-6-8-5-10(17)2-4-11(8)18-13/h1-7,18H,(H,19,21). The van der Waals surface area contributed by atoms with E-state index in [4.69, 9.17) is 11.6 Å². The van der Waals surface area contributed by atoms with E-state index in [9.17, 15) is 14.9 Å². The molecule has 116 valence electrons. The average Bonchev–Trinajstić information content (AvgIpc) is 2.92. The van der Waals surface area contributed by atoms with Crippen molar-refractivity contribution in [2.24, 2.45) is 0 Å². The summed E-state index contributed by atoms with van der Waals surface area (Å²) in [5, 5.41) is 15.0. The van der Waals surface area contributed by atoms with Crippen molar-refractivity contribution in [2.75, 3.05) is 5.32 Å². The fraction of sp³-hybridized carbons (Fsp3) is 0. The summed E-state index contributed by atoms with van der Waals surface area (Å²) in [4.78, 5) is 25.8. The summed E-state index contributed by atoms with van der Waals surface area (Å²) in [6.45, 7) is 0. The van der Waals surface area contributed by atoms with Gasteiger partial charge in [-0.2, -0.15) is 0 Å². The molecule has 6 nitrogen and oxygen atoms in total. The highest BCUT2D eigenvalue weighted by Crippen LogP contribution is 2.28. The van der Waals surface area contributed by atoms with Crippen molar-refractivity contribution in [1.82, 2.24) is 4.98 Å². The van der Waals surface area contributed by atoms with Gasteiger partial charge in [0.05, 0.1) is 4.92 Å². The van der Waals surface area contributed by atoms with Crippen LogP contribution in [-0.4, -0.2) is 15.8 Å². The van der Waals surface area contributed by atoms with Gasteiger partial charge >= 0.3 is 0 Å². The Morgan fingerprint density at radius 3 is 2.74 bits per heavy atom. The number of halogens is 2. The Morgan fingerprint density at radius 1 is 1.22 bits per heavy atom. The van der Waals surface area contributed by atoms with Crippen LogP contribution in [0, 0.1) is 10.1 Å². The largest absolute Gasteiger partial charge is 0.351 e. The molecule has 23 heavy (non-hydrogen) atoms. The SMILES string of the molecule is O=C(Nc1ccc(Br)cc1[N+](=O)[O-])c1cc2cc(Cl)ccc2[nH]1. The summed E-state index contributed by atoms with van der Waals surface area (Å²) in [5.74, 6) is -0.470. The van der Waals surface area contributed by atoms with Crippen LogP contribution in [0.5, 0.6) is 0 Å². The number of hydrogen-bond acceptors (Lipinski definition) is 3. The zero-order valence-corrected chi connectivity index (χ0v) is 13.8. The van der Waals surface area contributed by atoms with Crippen LogP contribution in [0.2, 0.25) is 5.02 Å². The van der Waals surface area contributed by atoms with Gasteiger partial charge < -0.3 is 10.3 Å². The van der Waals surface area contributed by atoms with E-state index in [0.717, 1.165) is 10.9 Å². The van der Waals surface area contributed by atoms with Crippen molar-refractivity contribution < 1.29 is 9.72 Å².